The van der Waals surface area contributed by atoms with Gasteiger partial charge in [0.05, 0.1) is 6.54 Å². The lowest BCUT2D eigenvalue weighted by molar-refractivity contribution is -0.127. The predicted octanol–water partition coefficient (Wildman–Crippen LogP) is -0.0127. The highest BCUT2D eigenvalue weighted by Crippen LogP contribution is 2.38. The molecule has 1 saturated carbocycles. The molecule has 2 amide bonds. The van der Waals surface area contributed by atoms with E-state index in [2.05, 4.69) is 5.43 Å². The fourth-order valence-corrected chi connectivity index (χ4v) is 2.58. The summed E-state index contributed by atoms with van der Waals surface area (Å²) in [5.41, 5.74) is 1.81. The van der Waals surface area contributed by atoms with Crippen molar-refractivity contribution in [3.63, 3.8) is 0 Å². The number of hydrogen-bond acceptors (Lipinski definition) is 4. The van der Waals surface area contributed by atoms with Gasteiger partial charge in [0.15, 0.2) is 0 Å². The molecule has 0 aromatic heterocycles. The van der Waals surface area contributed by atoms with Gasteiger partial charge in [-0.2, -0.15) is 0 Å². The zero-order valence-corrected chi connectivity index (χ0v) is 9.36. The van der Waals surface area contributed by atoms with Crippen molar-refractivity contribution in [1.82, 2.24) is 10.3 Å². The zero-order chi connectivity index (χ0) is 11.8. The number of amides is 2. The average molecular weight is 227 g/mol. The van der Waals surface area contributed by atoms with Gasteiger partial charge in [0.2, 0.25) is 5.91 Å². The molecule has 2 fully saturated rings. The maximum absolute atomic E-state index is 11.3. The van der Waals surface area contributed by atoms with Crippen LogP contribution in [0.4, 0.5) is 4.79 Å². The van der Waals surface area contributed by atoms with E-state index < -0.39 is 0 Å². The van der Waals surface area contributed by atoms with Gasteiger partial charge in [-0.15, -0.1) is 0 Å². The Morgan fingerprint density at radius 2 is 2.19 bits per heavy atom. The second kappa shape index (κ2) is 3.93. The van der Waals surface area contributed by atoms with E-state index in [4.69, 9.17) is 10.6 Å². The van der Waals surface area contributed by atoms with Crippen molar-refractivity contribution >= 4 is 12.0 Å². The molecule has 6 heteroatoms. The molecule has 1 aliphatic heterocycles. The van der Waals surface area contributed by atoms with Crippen LogP contribution in [-0.2, 0) is 9.53 Å². The number of nitrogens with one attached hydrogen (secondary N) is 1. The van der Waals surface area contributed by atoms with E-state index in [1.54, 1.807) is 11.9 Å². The van der Waals surface area contributed by atoms with Crippen LogP contribution in [0.15, 0.2) is 0 Å². The molecular weight excluding hydrogens is 210 g/mol. The summed E-state index contributed by atoms with van der Waals surface area (Å²) in [6.45, 7) is 0.628. The van der Waals surface area contributed by atoms with Gasteiger partial charge in [-0.25, -0.2) is 10.6 Å². The minimum atomic E-state index is -0.364. The molecule has 0 radical (unpaired) electrons. The molecule has 1 heterocycles. The molecule has 2 rings (SSSR count). The molecule has 0 bridgehead atoms. The Labute approximate surface area is 94.1 Å². The first-order valence-corrected chi connectivity index (χ1v) is 5.51. The lowest BCUT2D eigenvalue weighted by atomic mass is 9.78. The molecule has 6 nitrogen and oxygen atoms in total. The molecular formula is C10H17N3O3. The Hall–Kier alpha value is -1.30. The molecule has 90 valence electrons. The summed E-state index contributed by atoms with van der Waals surface area (Å²) < 4.78 is 5.39. The van der Waals surface area contributed by atoms with Crippen molar-refractivity contribution in [2.75, 3.05) is 13.6 Å². The number of nitrogens with two attached hydrogens (primary N) is 1. The molecule has 16 heavy (non-hydrogen) atoms. The third-order valence-electron chi connectivity index (χ3n) is 3.55. The molecule has 1 saturated heterocycles. The lowest BCUT2D eigenvalue weighted by Gasteiger charge is -2.34. The van der Waals surface area contributed by atoms with Gasteiger partial charge in [-0.05, 0) is 25.7 Å². The van der Waals surface area contributed by atoms with Crippen LogP contribution < -0.4 is 11.3 Å². The molecule has 0 aromatic carbocycles. The van der Waals surface area contributed by atoms with Crippen molar-refractivity contribution in [1.29, 1.82) is 0 Å². The summed E-state index contributed by atoms with van der Waals surface area (Å²) in [4.78, 5) is 24.3. The predicted molar refractivity (Wildman–Crippen MR) is 56.1 cm³/mol. The molecule has 0 atom stereocenters. The van der Waals surface area contributed by atoms with E-state index in [0.29, 0.717) is 6.54 Å². The maximum atomic E-state index is 11.3. The number of ether oxygens (including phenoxy) is 1. The first-order valence-electron chi connectivity index (χ1n) is 5.51. The summed E-state index contributed by atoms with van der Waals surface area (Å²) in [6.07, 6.45) is 2.66. The number of carbonyl (C=O) groups excluding carboxylic acids is 2. The summed E-state index contributed by atoms with van der Waals surface area (Å²) >= 11 is 0. The van der Waals surface area contributed by atoms with Crippen LogP contribution in [0.25, 0.3) is 0 Å². The Bertz CT molecular complexity index is 310. The highest BCUT2D eigenvalue weighted by Gasteiger charge is 2.46. The van der Waals surface area contributed by atoms with E-state index in [0.717, 1.165) is 25.7 Å². The summed E-state index contributed by atoms with van der Waals surface area (Å²) in [5.74, 6) is 4.94. The number of likely N-dealkylation sites (N-methyl/N-ethyl adjacent to an activating group) is 1. The minimum absolute atomic E-state index is 0.0415. The number of carbonyl (C=O) groups is 2. The molecule has 1 spiro atoms. The maximum Gasteiger partial charge on any atom is 0.410 e. The largest absolute Gasteiger partial charge is 0.441 e. The van der Waals surface area contributed by atoms with Crippen LogP contribution in [0.1, 0.15) is 25.7 Å². The topological polar surface area (TPSA) is 84.7 Å². The Kier molecular flexibility index (Phi) is 2.75. The fraction of sp³-hybridized carbons (Fsp3) is 0.800. The van der Waals surface area contributed by atoms with Crippen LogP contribution in [0.3, 0.4) is 0 Å². The quantitative estimate of drug-likeness (QED) is 0.375. The molecule has 2 aliphatic rings. The SMILES string of the molecule is CN1CC2(CCC(C(=O)NN)CC2)OC1=O. The van der Waals surface area contributed by atoms with E-state index in [9.17, 15) is 9.59 Å². The average Bonchev–Trinajstić information content (AvgIpc) is 2.54. The van der Waals surface area contributed by atoms with Gasteiger partial charge < -0.3 is 9.64 Å². The highest BCUT2D eigenvalue weighted by atomic mass is 16.6. The van der Waals surface area contributed by atoms with Gasteiger partial charge >= 0.3 is 6.09 Å². The van der Waals surface area contributed by atoms with Crippen molar-refractivity contribution in [3.05, 3.63) is 0 Å². The van der Waals surface area contributed by atoms with Crippen LogP contribution in [0.2, 0.25) is 0 Å². The van der Waals surface area contributed by atoms with Crippen LogP contribution in [0.5, 0.6) is 0 Å². The summed E-state index contributed by atoms with van der Waals surface area (Å²) in [7, 11) is 1.73. The van der Waals surface area contributed by atoms with Gasteiger partial charge in [0.1, 0.15) is 5.60 Å². The van der Waals surface area contributed by atoms with E-state index in [-0.39, 0.29) is 23.5 Å². The molecule has 3 N–H and O–H groups in total. The first-order chi connectivity index (χ1) is 7.56. The number of rotatable bonds is 1. The van der Waals surface area contributed by atoms with Crippen molar-refractivity contribution in [2.45, 2.75) is 31.3 Å². The van der Waals surface area contributed by atoms with E-state index >= 15 is 0 Å². The van der Waals surface area contributed by atoms with Crippen LogP contribution in [-0.4, -0.2) is 36.1 Å². The number of nitrogens with zero attached hydrogens (tertiary/aromatic N) is 1. The van der Waals surface area contributed by atoms with Crippen molar-refractivity contribution in [3.8, 4) is 0 Å². The molecule has 0 unspecified atom stereocenters. The van der Waals surface area contributed by atoms with Crippen molar-refractivity contribution < 1.29 is 14.3 Å². The van der Waals surface area contributed by atoms with Crippen molar-refractivity contribution in [2.24, 2.45) is 11.8 Å². The first kappa shape index (κ1) is 11.2. The Balaban J connectivity index is 1.95. The van der Waals surface area contributed by atoms with E-state index in [1.807, 2.05) is 0 Å². The summed E-state index contributed by atoms with van der Waals surface area (Å²) in [6, 6.07) is 0. The van der Waals surface area contributed by atoms with Gasteiger partial charge in [-0.1, -0.05) is 0 Å². The smallest absolute Gasteiger partial charge is 0.410 e. The van der Waals surface area contributed by atoms with Gasteiger partial charge in [-0.3, -0.25) is 10.2 Å². The van der Waals surface area contributed by atoms with E-state index in [1.165, 1.54) is 0 Å². The van der Waals surface area contributed by atoms with Crippen LogP contribution in [0, 0.1) is 5.92 Å². The zero-order valence-electron chi connectivity index (χ0n) is 9.36. The normalized spacial score (nSPS) is 34.0. The number of hydrogen-bond donors (Lipinski definition) is 2. The third kappa shape index (κ3) is 1.84. The summed E-state index contributed by atoms with van der Waals surface area (Å²) in [5, 5.41) is 0. The molecule has 0 aromatic rings. The second-order valence-electron chi connectivity index (χ2n) is 4.69. The monoisotopic (exact) mass is 227 g/mol. The standard InChI is InChI=1S/C10H17N3O3/c1-13-6-10(16-9(13)15)4-2-7(3-5-10)8(14)12-11/h7H,2-6,11H2,1H3,(H,12,14). The van der Waals surface area contributed by atoms with Gasteiger partial charge in [0, 0.05) is 13.0 Å². The lowest BCUT2D eigenvalue weighted by Crippen LogP contribution is -2.43. The second-order valence-corrected chi connectivity index (χ2v) is 4.69. The Morgan fingerprint density at radius 1 is 1.56 bits per heavy atom. The fourth-order valence-electron chi connectivity index (χ4n) is 2.58. The Morgan fingerprint density at radius 3 is 2.62 bits per heavy atom. The van der Waals surface area contributed by atoms with Gasteiger partial charge in [0.25, 0.3) is 0 Å². The number of hydrazine groups is 1. The minimum Gasteiger partial charge on any atom is -0.441 e. The third-order valence-corrected chi connectivity index (χ3v) is 3.55. The molecule has 1 aliphatic carbocycles. The van der Waals surface area contributed by atoms with Crippen LogP contribution >= 0.6 is 0 Å². The highest BCUT2D eigenvalue weighted by molar-refractivity contribution is 5.78.